The highest BCUT2D eigenvalue weighted by Crippen LogP contribution is 2.26. The molecule has 0 atom stereocenters. The topological polar surface area (TPSA) is 59.8 Å². The fourth-order valence-corrected chi connectivity index (χ4v) is 3.62. The Labute approximate surface area is 136 Å². The summed E-state index contributed by atoms with van der Waals surface area (Å²) in [7, 11) is 1.86. The first-order valence-electron chi connectivity index (χ1n) is 7.21. The van der Waals surface area contributed by atoms with Crippen LogP contribution in [0.15, 0.2) is 42.6 Å². The molecule has 23 heavy (non-hydrogen) atoms. The number of thiophene rings is 1. The van der Waals surface area contributed by atoms with E-state index in [0.29, 0.717) is 10.6 Å². The van der Waals surface area contributed by atoms with E-state index in [1.54, 1.807) is 10.9 Å². The summed E-state index contributed by atoms with van der Waals surface area (Å²) in [6, 6.07) is 11.8. The summed E-state index contributed by atoms with van der Waals surface area (Å²) in [5, 5.41) is 9.29. The minimum Gasteiger partial charge on any atom is -0.320 e. The molecule has 5 nitrogen and oxygen atoms in total. The maximum absolute atomic E-state index is 12.5. The molecule has 0 spiro atoms. The summed E-state index contributed by atoms with van der Waals surface area (Å²) in [4.78, 5) is 17.5. The molecule has 1 aromatic carbocycles. The lowest BCUT2D eigenvalue weighted by Crippen LogP contribution is -2.10. The van der Waals surface area contributed by atoms with Gasteiger partial charge in [-0.1, -0.05) is 18.2 Å². The quantitative estimate of drug-likeness (QED) is 0.611. The molecule has 0 fully saturated rings. The van der Waals surface area contributed by atoms with E-state index < -0.39 is 0 Å². The summed E-state index contributed by atoms with van der Waals surface area (Å²) < 4.78 is 2.84. The van der Waals surface area contributed by atoms with Gasteiger partial charge in [0.25, 0.3) is 5.91 Å². The molecule has 0 aliphatic rings. The number of nitrogens with zero attached hydrogens (tertiary/aromatic N) is 3. The Kier molecular flexibility index (Phi) is 3.12. The van der Waals surface area contributed by atoms with Gasteiger partial charge in [-0.25, -0.2) is 4.98 Å². The van der Waals surface area contributed by atoms with Gasteiger partial charge in [0.05, 0.1) is 22.5 Å². The first kappa shape index (κ1) is 13.9. The third kappa shape index (κ3) is 2.37. The number of pyridine rings is 1. The number of hydrogen-bond acceptors (Lipinski definition) is 4. The normalized spacial score (nSPS) is 11.2. The number of nitrogens with one attached hydrogen (secondary N) is 1. The molecular formula is C17H14N4OS. The minimum atomic E-state index is -0.117. The lowest BCUT2D eigenvalue weighted by atomic mass is 10.2. The fraction of sp³-hybridized carbons (Fsp3) is 0.118. The van der Waals surface area contributed by atoms with Crippen molar-refractivity contribution < 1.29 is 4.79 Å². The molecule has 1 amide bonds. The Morgan fingerprint density at radius 2 is 2.09 bits per heavy atom. The zero-order valence-electron chi connectivity index (χ0n) is 12.7. The van der Waals surface area contributed by atoms with Gasteiger partial charge < -0.3 is 5.32 Å². The van der Waals surface area contributed by atoms with Crippen LogP contribution in [0.1, 0.15) is 15.4 Å². The summed E-state index contributed by atoms with van der Waals surface area (Å²) in [5.41, 5.74) is 2.38. The average Bonchev–Trinajstić information content (AvgIpc) is 3.09. The first-order chi connectivity index (χ1) is 11.1. The van der Waals surface area contributed by atoms with Crippen LogP contribution in [0.2, 0.25) is 0 Å². The van der Waals surface area contributed by atoms with E-state index in [2.05, 4.69) is 15.4 Å². The standard InChI is InChI=1S/C17H14N4OS/c1-10-13-8-12(9-18-16(13)21(2)20-10)19-17(22)15-7-11-5-3-4-6-14(11)23-15/h3-9H,1-2H3,(H,19,22). The first-order valence-corrected chi connectivity index (χ1v) is 8.03. The predicted octanol–water partition coefficient (Wildman–Crippen LogP) is 3.74. The third-order valence-corrected chi connectivity index (χ3v) is 4.89. The van der Waals surface area contributed by atoms with Crippen molar-refractivity contribution in [2.45, 2.75) is 6.92 Å². The SMILES string of the molecule is Cc1nn(C)c2ncc(NC(=O)c3cc4ccccc4s3)cc12. The fourth-order valence-electron chi connectivity index (χ4n) is 2.66. The van der Waals surface area contributed by atoms with Crippen molar-refractivity contribution in [3.05, 3.63) is 53.2 Å². The highest BCUT2D eigenvalue weighted by atomic mass is 32.1. The van der Waals surface area contributed by atoms with E-state index in [0.717, 1.165) is 26.8 Å². The van der Waals surface area contributed by atoms with Crippen LogP contribution in [0.25, 0.3) is 21.1 Å². The second-order valence-electron chi connectivity index (χ2n) is 5.41. The maximum atomic E-state index is 12.5. The Bertz CT molecular complexity index is 1010. The summed E-state index contributed by atoms with van der Waals surface area (Å²) in [6.45, 7) is 1.93. The number of carbonyl (C=O) groups is 1. The van der Waals surface area contributed by atoms with Crippen molar-refractivity contribution in [3.63, 3.8) is 0 Å². The molecule has 4 rings (SSSR count). The number of amides is 1. The second kappa shape index (κ2) is 5.17. The van der Waals surface area contributed by atoms with Crippen molar-refractivity contribution in [1.82, 2.24) is 14.8 Å². The Morgan fingerprint density at radius 1 is 1.26 bits per heavy atom. The van der Waals surface area contributed by atoms with E-state index >= 15 is 0 Å². The monoisotopic (exact) mass is 322 g/mol. The predicted molar refractivity (Wildman–Crippen MR) is 93.0 cm³/mol. The van der Waals surface area contributed by atoms with Gasteiger partial charge in [-0.3, -0.25) is 9.48 Å². The van der Waals surface area contributed by atoms with Gasteiger partial charge in [0.1, 0.15) is 0 Å². The second-order valence-corrected chi connectivity index (χ2v) is 6.49. The van der Waals surface area contributed by atoms with Crippen LogP contribution in [0.5, 0.6) is 0 Å². The summed E-state index contributed by atoms with van der Waals surface area (Å²) in [6.07, 6.45) is 1.66. The van der Waals surface area contributed by atoms with Gasteiger partial charge in [0.15, 0.2) is 5.65 Å². The number of anilines is 1. The summed E-state index contributed by atoms with van der Waals surface area (Å²) in [5.74, 6) is -0.117. The Morgan fingerprint density at radius 3 is 2.91 bits per heavy atom. The van der Waals surface area contributed by atoms with E-state index in [1.165, 1.54) is 11.3 Å². The van der Waals surface area contributed by atoms with Gasteiger partial charge in [-0.2, -0.15) is 5.10 Å². The molecule has 1 N–H and O–H groups in total. The van der Waals surface area contributed by atoms with Gasteiger partial charge in [0, 0.05) is 17.1 Å². The number of benzene rings is 1. The van der Waals surface area contributed by atoms with Crippen LogP contribution in [0, 0.1) is 6.92 Å². The van der Waals surface area contributed by atoms with Crippen LogP contribution in [0.3, 0.4) is 0 Å². The molecule has 3 aromatic heterocycles. The number of hydrogen-bond donors (Lipinski definition) is 1. The van der Waals surface area contributed by atoms with Gasteiger partial charge >= 0.3 is 0 Å². The number of fused-ring (bicyclic) bond motifs is 2. The summed E-state index contributed by atoms with van der Waals surface area (Å²) >= 11 is 1.49. The number of aryl methyl sites for hydroxylation is 2. The Hall–Kier alpha value is -2.73. The smallest absolute Gasteiger partial charge is 0.265 e. The van der Waals surface area contributed by atoms with E-state index in [9.17, 15) is 4.79 Å². The van der Waals surface area contributed by atoms with Crippen LogP contribution in [-0.2, 0) is 7.05 Å². The lowest BCUT2D eigenvalue weighted by Gasteiger charge is -2.03. The van der Waals surface area contributed by atoms with E-state index in [-0.39, 0.29) is 5.91 Å². The van der Waals surface area contributed by atoms with Crippen molar-refractivity contribution >= 4 is 44.1 Å². The van der Waals surface area contributed by atoms with Crippen molar-refractivity contribution in [2.24, 2.45) is 7.05 Å². The molecular weight excluding hydrogens is 308 g/mol. The average molecular weight is 322 g/mol. The zero-order chi connectivity index (χ0) is 16.0. The lowest BCUT2D eigenvalue weighted by molar-refractivity contribution is 0.103. The van der Waals surface area contributed by atoms with Gasteiger partial charge in [0.2, 0.25) is 0 Å². The molecule has 3 heterocycles. The largest absolute Gasteiger partial charge is 0.320 e. The molecule has 0 bridgehead atoms. The molecule has 0 radical (unpaired) electrons. The molecule has 6 heteroatoms. The van der Waals surface area contributed by atoms with Crippen LogP contribution < -0.4 is 5.32 Å². The van der Waals surface area contributed by atoms with Crippen LogP contribution >= 0.6 is 11.3 Å². The van der Waals surface area contributed by atoms with Gasteiger partial charge in [-0.05, 0) is 30.5 Å². The van der Waals surface area contributed by atoms with Crippen molar-refractivity contribution in [2.75, 3.05) is 5.32 Å². The third-order valence-electron chi connectivity index (χ3n) is 3.77. The molecule has 0 unspecified atom stereocenters. The van der Waals surface area contributed by atoms with E-state index in [4.69, 9.17) is 0 Å². The number of rotatable bonds is 2. The molecule has 0 saturated heterocycles. The minimum absolute atomic E-state index is 0.117. The molecule has 114 valence electrons. The van der Waals surface area contributed by atoms with Crippen LogP contribution in [-0.4, -0.2) is 20.7 Å². The Balaban J connectivity index is 1.66. The molecule has 0 aliphatic carbocycles. The highest BCUT2D eigenvalue weighted by Gasteiger charge is 2.12. The molecule has 0 saturated carbocycles. The molecule has 4 aromatic rings. The van der Waals surface area contributed by atoms with E-state index in [1.807, 2.05) is 50.4 Å². The number of carbonyl (C=O) groups excluding carboxylic acids is 1. The zero-order valence-corrected chi connectivity index (χ0v) is 13.5. The number of aromatic nitrogens is 3. The highest BCUT2D eigenvalue weighted by molar-refractivity contribution is 7.20. The van der Waals surface area contributed by atoms with Crippen LogP contribution in [0.4, 0.5) is 5.69 Å². The van der Waals surface area contributed by atoms with Crippen molar-refractivity contribution in [3.8, 4) is 0 Å². The van der Waals surface area contributed by atoms with Gasteiger partial charge in [-0.15, -0.1) is 11.3 Å². The molecule has 0 aliphatic heterocycles. The van der Waals surface area contributed by atoms with Crippen molar-refractivity contribution in [1.29, 1.82) is 0 Å². The maximum Gasteiger partial charge on any atom is 0.265 e.